The van der Waals surface area contributed by atoms with Crippen LogP contribution in [0, 0.1) is 5.82 Å². The van der Waals surface area contributed by atoms with E-state index in [0.29, 0.717) is 28.3 Å². The van der Waals surface area contributed by atoms with Crippen LogP contribution in [0.25, 0.3) is 11.3 Å². The van der Waals surface area contributed by atoms with E-state index >= 15 is 0 Å². The van der Waals surface area contributed by atoms with Crippen molar-refractivity contribution in [2.75, 3.05) is 18.2 Å². The molecule has 0 spiro atoms. The van der Waals surface area contributed by atoms with Gasteiger partial charge in [0.05, 0.1) is 17.7 Å². The Labute approximate surface area is 189 Å². The van der Waals surface area contributed by atoms with Gasteiger partial charge in [0.25, 0.3) is 0 Å². The van der Waals surface area contributed by atoms with Gasteiger partial charge >= 0.3 is 5.97 Å². The third-order valence-corrected chi connectivity index (χ3v) is 5.37. The van der Waals surface area contributed by atoms with Gasteiger partial charge in [0.1, 0.15) is 17.3 Å². The molecule has 8 heteroatoms. The number of halogens is 1. The number of hydrogen-bond donors (Lipinski definition) is 1. The van der Waals surface area contributed by atoms with Gasteiger partial charge in [-0.3, -0.25) is 14.4 Å². The van der Waals surface area contributed by atoms with Crippen molar-refractivity contribution in [3.8, 4) is 11.3 Å². The Balaban J connectivity index is 1.53. The summed E-state index contributed by atoms with van der Waals surface area (Å²) in [7, 11) is 0. The zero-order valence-corrected chi connectivity index (χ0v) is 18.5. The highest BCUT2D eigenvalue weighted by Crippen LogP contribution is 2.27. The quantitative estimate of drug-likeness (QED) is 0.274. The molecule has 0 saturated heterocycles. The van der Waals surface area contributed by atoms with Crippen LogP contribution in [0.15, 0.2) is 63.9 Å². The second-order valence-corrected chi connectivity index (χ2v) is 7.77. The first-order chi connectivity index (χ1) is 15.4. The van der Waals surface area contributed by atoms with Crippen LogP contribution >= 0.6 is 11.8 Å². The molecular formula is C24H22FNO5S. The monoisotopic (exact) mass is 455 g/mol. The lowest BCUT2D eigenvalue weighted by Gasteiger charge is -2.10. The molecule has 0 saturated carbocycles. The van der Waals surface area contributed by atoms with Gasteiger partial charge in [-0.25, -0.2) is 4.39 Å². The van der Waals surface area contributed by atoms with Crippen molar-refractivity contribution in [3.63, 3.8) is 0 Å². The van der Waals surface area contributed by atoms with Crippen molar-refractivity contribution in [2.45, 2.75) is 24.7 Å². The lowest BCUT2D eigenvalue weighted by Crippen LogP contribution is -2.15. The molecule has 0 aliphatic carbocycles. The maximum absolute atomic E-state index is 13.9. The summed E-state index contributed by atoms with van der Waals surface area (Å²) < 4.78 is 24.6. The van der Waals surface area contributed by atoms with Crippen molar-refractivity contribution in [2.24, 2.45) is 0 Å². The van der Waals surface area contributed by atoms with E-state index in [0.717, 1.165) is 4.90 Å². The van der Waals surface area contributed by atoms with Crippen molar-refractivity contribution >= 4 is 35.1 Å². The second-order valence-electron chi connectivity index (χ2n) is 6.93. The Kier molecular flexibility index (Phi) is 7.83. The van der Waals surface area contributed by atoms with Crippen molar-refractivity contribution in [1.29, 1.82) is 0 Å². The van der Waals surface area contributed by atoms with Crippen LogP contribution in [0.2, 0.25) is 0 Å². The maximum atomic E-state index is 13.9. The van der Waals surface area contributed by atoms with E-state index < -0.39 is 18.4 Å². The molecule has 3 aromatic rings. The SMILES string of the molecule is CSc1ccc(C(=O)COC(=O)CCc2ccc(-c3ccccc3F)o2)cc1NC(C)=O. The fourth-order valence-electron chi connectivity index (χ4n) is 3.01. The minimum Gasteiger partial charge on any atom is -0.461 e. The molecule has 6 nitrogen and oxygen atoms in total. The first-order valence-electron chi connectivity index (χ1n) is 9.85. The number of furan rings is 1. The van der Waals surface area contributed by atoms with E-state index in [1.54, 1.807) is 48.5 Å². The Hall–Kier alpha value is -3.39. The summed E-state index contributed by atoms with van der Waals surface area (Å²) in [6, 6.07) is 14.5. The predicted octanol–water partition coefficient (Wildman–Crippen LogP) is 5.12. The number of thioether (sulfide) groups is 1. The standard InChI is InChI=1S/C24H22FNO5S/c1-15(27)26-20-13-16(7-11-23(20)32-2)21(28)14-30-24(29)12-9-17-8-10-22(31-17)18-5-3-4-6-19(18)25/h3-8,10-11,13H,9,12,14H2,1-2H3,(H,26,27). The van der Waals surface area contributed by atoms with Crippen LogP contribution in [-0.2, 0) is 20.7 Å². The second kappa shape index (κ2) is 10.8. The van der Waals surface area contributed by atoms with E-state index in [2.05, 4.69) is 5.32 Å². The number of Topliss-reactive ketones (excluding diaryl/α,β-unsaturated/α-hetero) is 1. The van der Waals surface area contributed by atoms with Gasteiger partial charge in [0.15, 0.2) is 12.4 Å². The average Bonchev–Trinajstić information content (AvgIpc) is 3.24. The molecule has 1 aromatic heterocycles. The summed E-state index contributed by atoms with van der Waals surface area (Å²) in [4.78, 5) is 36.6. The van der Waals surface area contributed by atoms with Gasteiger partial charge in [0.2, 0.25) is 5.91 Å². The first-order valence-corrected chi connectivity index (χ1v) is 11.1. The van der Waals surface area contributed by atoms with Gasteiger partial charge in [-0.05, 0) is 42.7 Å². The number of ketones is 1. The zero-order chi connectivity index (χ0) is 23.1. The number of rotatable bonds is 9. The van der Waals surface area contributed by atoms with E-state index in [4.69, 9.17) is 9.15 Å². The van der Waals surface area contributed by atoms with Crippen LogP contribution in [0.1, 0.15) is 29.5 Å². The number of esters is 1. The number of amides is 1. The molecule has 1 N–H and O–H groups in total. The number of benzene rings is 2. The Morgan fingerprint density at radius 3 is 2.59 bits per heavy atom. The largest absolute Gasteiger partial charge is 0.461 e. The van der Waals surface area contributed by atoms with E-state index in [1.165, 1.54) is 24.8 Å². The predicted molar refractivity (Wildman–Crippen MR) is 120 cm³/mol. The molecule has 1 heterocycles. The maximum Gasteiger partial charge on any atom is 0.306 e. The number of hydrogen-bond acceptors (Lipinski definition) is 6. The highest BCUT2D eigenvalue weighted by molar-refractivity contribution is 7.98. The number of anilines is 1. The summed E-state index contributed by atoms with van der Waals surface area (Å²) in [6.07, 6.45) is 2.14. The molecule has 0 bridgehead atoms. The van der Waals surface area contributed by atoms with Crippen LogP contribution in [-0.4, -0.2) is 30.5 Å². The summed E-state index contributed by atoms with van der Waals surface area (Å²) in [5.41, 5.74) is 1.21. The average molecular weight is 456 g/mol. The van der Waals surface area contributed by atoms with Crippen LogP contribution < -0.4 is 5.32 Å². The first kappa shape index (κ1) is 23.3. The van der Waals surface area contributed by atoms with Crippen molar-refractivity contribution < 1.29 is 27.9 Å². The molecule has 1 amide bonds. The number of carbonyl (C=O) groups is 3. The zero-order valence-electron chi connectivity index (χ0n) is 17.6. The molecule has 0 radical (unpaired) electrons. The molecule has 0 unspecified atom stereocenters. The molecule has 0 fully saturated rings. The van der Waals surface area contributed by atoms with Crippen LogP contribution in [0.3, 0.4) is 0 Å². The third-order valence-electron chi connectivity index (χ3n) is 4.57. The Bertz CT molecular complexity index is 1140. The van der Waals surface area contributed by atoms with Crippen molar-refractivity contribution in [1.82, 2.24) is 0 Å². The fraction of sp³-hybridized carbons (Fsp3) is 0.208. The highest BCUT2D eigenvalue weighted by atomic mass is 32.2. The van der Waals surface area contributed by atoms with E-state index in [-0.39, 0.29) is 24.5 Å². The van der Waals surface area contributed by atoms with E-state index in [1.807, 2.05) is 6.26 Å². The third kappa shape index (κ3) is 6.07. The normalized spacial score (nSPS) is 10.6. The highest BCUT2D eigenvalue weighted by Gasteiger charge is 2.14. The summed E-state index contributed by atoms with van der Waals surface area (Å²) in [5.74, 6) is -0.669. The van der Waals surface area contributed by atoms with Gasteiger partial charge in [-0.2, -0.15) is 0 Å². The van der Waals surface area contributed by atoms with Gasteiger partial charge in [0, 0.05) is 23.8 Å². The number of nitrogens with one attached hydrogen (secondary N) is 1. The molecule has 166 valence electrons. The topological polar surface area (TPSA) is 85.6 Å². The molecule has 2 aromatic carbocycles. The van der Waals surface area contributed by atoms with E-state index in [9.17, 15) is 18.8 Å². The fourth-order valence-corrected chi connectivity index (χ4v) is 3.55. The molecular weight excluding hydrogens is 433 g/mol. The van der Waals surface area contributed by atoms with Crippen LogP contribution in [0.5, 0.6) is 0 Å². The number of ether oxygens (including phenoxy) is 1. The molecule has 3 rings (SSSR count). The van der Waals surface area contributed by atoms with Crippen molar-refractivity contribution in [3.05, 3.63) is 71.7 Å². The molecule has 32 heavy (non-hydrogen) atoms. The van der Waals surface area contributed by atoms with Gasteiger partial charge in [-0.15, -0.1) is 11.8 Å². The molecule has 0 aliphatic rings. The summed E-state index contributed by atoms with van der Waals surface area (Å²) in [5, 5.41) is 2.69. The Morgan fingerprint density at radius 2 is 1.88 bits per heavy atom. The summed E-state index contributed by atoms with van der Waals surface area (Å²) >= 11 is 1.44. The Morgan fingerprint density at radius 1 is 1.09 bits per heavy atom. The number of carbonyl (C=O) groups excluding carboxylic acids is 3. The van der Waals surface area contributed by atoms with Crippen LogP contribution in [0.4, 0.5) is 10.1 Å². The minimum absolute atomic E-state index is 0.0139. The van der Waals surface area contributed by atoms with Gasteiger partial charge < -0.3 is 14.5 Å². The molecule has 0 atom stereocenters. The lowest BCUT2D eigenvalue weighted by molar-refractivity contribution is -0.142. The number of aryl methyl sites for hydroxylation is 1. The molecule has 0 aliphatic heterocycles. The minimum atomic E-state index is -0.551. The van der Waals surface area contributed by atoms with Gasteiger partial charge in [-0.1, -0.05) is 18.2 Å². The lowest BCUT2D eigenvalue weighted by atomic mass is 10.1. The summed E-state index contributed by atoms with van der Waals surface area (Å²) in [6.45, 7) is 0.980. The smallest absolute Gasteiger partial charge is 0.306 e.